The van der Waals surface area contributed by atoms with Gasteiger partial charge in [-0.2, -0.15) is 0 Å². The molecule has 2 aromatic carbocycles. The number of carbonyl (C=O) groups excluding carboxylic acids is 2. The molecule has 160 valence electrons. The van der Waals surface area contributed by atoms with E-state index in [-0.39, 0.29) is 12.6 Å². The molecule has 2 aromatic heterocycles. The van der Waals surface area contributed by atoms with E-state index in [4.69, 9.17) is 4.74 Å². The summed E-state index contributed by atoms with van der Waals surface area (Å²) in [6.07, 6.45) is 3.12. The Hall–Kier alpha value is -4.60. The molecule has 4 rings (SSSR count). The molecule has 0 aliphatic rings. The summed E-state index contributed by atoms with van der Waals surface area (Å²) in [6.45, 7) is -0.209. The minimum Gasteiger partial charge on any atom is -0.483 e. The molecule has 0 aliphatic heterocycles. The van der Waals surface area contributed by atoms with Crippen molar-refractivity contribution >= 4 is 28.7 Å². The lowest BCUT2D eigenvalue weighted by molar-refractivity contribution is -0.122. The molecule has 10 heteroatoms. The van der Waals surface area contributed by atoms with E-state index < -0.39 is 11.9 Å². The van der Waals surface area contributed by atoms with Crippen molar-refractivity contribution in [2.45, 2.75) is 0 Å². The first-order valence-electron chi connectivity index (χ1n) is 9.54. The highest BCUT2D eigenvalue weighted by atomic mass is 16.5. The molecule has 1 amide bonds. The minimum absolute atomic E-state index is 0.114. The van der Waals surface area contributed by atoms with E-state index in [0.717, 1.165) is 16.5 Å². The Labute approximate surface area is 182 Å². The molecular weight excluding hydrogens is 412 g/mol. The van der Waals surface area contributed by atoms with Crippen LogP contribution in [-0.2, 0) is 9.53 Å². The maximum atomic E-state index is 12.1. The molecule has 0 fully saturated rings. The lowest BCUT2D eigenvalue weighted by Gasteiger charge is -2.10. The second-order valence-electron chi connectivity index (χ2n) is 6.52. The second kappa shape index (κ2) is 9.47. The highest BCUT2D eigenvalue weighted by Crippen LogP contribution is 2.23. The fourth-order valence-corrected chi connectivity index (χ4v) is 2.86. The number of fused-ring (bicyclic) bond motifs is 1. The molecule has 0 saturated heterocycles. The summed E-state index contributed by atoms with van der Waals surface area (Å²) in [5.74, 6) is -0.164. The first-order valence-corrected chi connectivity index (χ1v) is 9.54. The smallest absolute Gasteiger partial charge is 0.337 e. The summed E-state index contributed by atoms with van der Waals surface area (Å²) in [5.41, 5.74) is 7.49. The predicted molar refractivity (Wildman–Crippen MR) is 116 cm³/mol. The van der Waals surface area contributed by atoms with Crippen LogP contribution in [0.4, 0.5) is 5.95 Å². The van der Waals surface area contributed by atoms with E-state index >= 15 is 0 Å². The number of benzene rings is 2. The topological polar surface area (TPSA) is 128 Å². The van der Waals surface area contributed by atoms with Gasteiger partial charge in [0.2, 0.25) is 0 Å². The Morgan fingerprint density at radius 3 is 2.53 bits per heavy atom. The fraction of sp³-hybridized carbons (Fsp3) is 0.0909. The molecule has 32 heavy (non-hydrogen) atoms. The summed E-state index contributed by atoms with van der Waals surface area (Å²) >= 11 is 0. The van der Waals surface area contributed by atoms with Crippen molar-refractivity contribution in [3.8, 4) is 17.0 Å². The summed E-state index contributed by atoms with van der Waals surface area (Å²) in [6, 6.07) is 15.9. The molecule has 10 nitrogen and oxygen atoms in total. The van der Waals surface area contributed by atoms with E-state index in [0.29, 0.717) is 17.0 Å². The highest BCUT2D eigenvalue weighted by Gasteiger charge is 2.09. The lowest BCUT2D eigenvalue weighted by atomic mass is 10.1. The van der Waals surface area contributed by atoms with E-state index in [1.807, 2.05) is 24.3 Å². The van der Waals surface area contributed by atoms with Crippen LogP contribution < -0.4 is 15.6 Å². The molecular formula is C22H18N6O4. The number of hydrazine groups is 1. The third-order valence-corrected chi connectivity index (χ3v) is 4.44. The number of para-hydroxylation sites is 1. The SMILES string of the molecule is COC(=O)c1ccc(-c2cnc(NNC(=O)COc3ccnc4ccccc34)nn2)cc1. The van der Waals surface area contributed by atoms with Gasteiger partial charge in [0.25, 0.3) is 11.9 Å². The maximum Gasteiger partial charge on any atom is 0.337 e. The van der Waals surface area contributed by atoms with Gasteiger partial charge in [0.1, 0.15) is 11.4 Å². The number of nitrogens with one attached hydrogen (secondary N) is 2. The van der Waals surface area contributed by atoms with Crippen molar-refractivity contribution in [2.75, 3.05) is 19.1 Å². The third kappa shape index (κ3) is 4.75. The number of ether oxygens (including phenoxy) is 2. The largest absolute Gasteiger partial charge is 0.483 e. The Bertz CT molecular complexity index is 1240. The summed E-state index contributed by atoms with van der Waals surface area (Å²) < 4.78 is 10.3. The van der Waals surface area contributed by atoms with Crippen LogP contribution in [0.2, 0.25) is 0 Å². The van der Waals surface area contributed by atoms with Gasteiger partial charge < -0.3 is 9.47 Å². The van der Waals surface area contributed by atoms with Crippen molar-refractivity contribution in [2.24, 2.45) is 0 Å². The molecule has 2 N–H and O–H groups in total. The van der Waals surface area contributed by atoms with E-state index in [2.05, 4.69) is 35.8 Å². The molecule has 0 unspecified atom stereocenters. The van der Waals surface area contributed by atoms with Crippen LogP contribution in [0.5, 0.6) is 5.75 Å². The van der Waals surface area contributed by atoms with Gasteiger partial charge in [-0.3, -0.25) is 20.6 Å². The second-order valence-corrected chi connectivity index (χ2v) is 6.52. The zero-order valence-electron chi connectivity index (χ0n) is 17.0. The van der Waals surface area contributed by atoms with Gasteiger partial charge in [0.15, 0.2) is 6.61 Å². The quantitative estimate of drug-likeness (QED) is 0.335. The number of hydrogen-bond acceptors (Lipinski definition) is 9. The summed E-state index contributed by atoms with van der Waals surface area (Å²) in [4.78, 5) is 32.0. The number of esters is 1. The van der Waals surface area contributed by atoms with Crippen molar-refractivity contribution < 1.29 is 19.1 Å². The number of methoxy groups -OCH3 is 1. The van der Waals surface area contributed by atoms with Crippen molar-refractivity contribution in [3.05, 3.63) is 72.6 Å². The number of pyridine rings is 1. The third-order valence-electron chi connectivity index (χ3n) is 4.44. The van der Waals surface area contributed by atoms with E-state index in [9.17, 15) is 9.59 Å². The maximum absolute atomic E-state index is 12.1. The zero-order chi connectivity index (χ0) is 22.3. The Balaban J connectivity index is 1.31. The van der Waals surface area contributed by atoms with Gasteiger partial charge in [-0.15, -0.1) is 10.2 Å². The van der Waals surface area contributed by atoms with Gasteiger partial charge in [0, 0.05) is 17.1 Å². The van der Waals surface area contributed by atoms with Crippen molar-refractivity contribution in [1.29, 1.82) is 0 Å². The lowest BCUT2D eigenvalue weighted by Crippen LogP contribution is -2.34. The number of nitrogens with zero attached hydrogens (tertiary/aromatic N) is 4. The highest BCUT2D eigenvalue weighted by molar-refractivity contribution is 5.90. The van der Waals surface area contributed by atoms with Crippen molar-refractivity contribution in [3.63, 3.8) is 0 Å². The van der Waals surface area contributed by atoms with Crippen LogP contribution >= 0.6 is 0 Å². The Kier molecular flexibility index (Phi) is 6.12. The number of aromatic nitrogens is 4. The number of rotatable bonds is 7. The summed E-state index contributed by atoms with van der Waals surface area (Å²) in [5, 5.41) is 8.82. The van der Waals surface area contributed by atoms with Gasteiger partial charge >= 0.3 is 5.97 Å². The minimum atomic E-state index is -0.419. The van der Waals surface area contributed by atoms with Gasteiger partial charge in [-0.25, -0.2) is 9.78 Å². The molecule has 0 aliphatic carbocycles. The monoisotopic (exact) mass is 430 g/mol. The van der Waals surface area contributed by atoms with Crippen LogP contribution in [0.25, 0.3) is 22.2 Å². The van der Waals surface area contributed by atoms with Gasteiger partial charge in [-0.05, 0) is 30.3 Å². The van der Waals surface area contributed by atoms with Crippen molar-refractivity contribution in [1.82, 2.24) is 25.6 Å². The van der Waals surface area contributed by atoms with E-state index in [1.54, 1.807) is 36.5 Å². The molecule has 4 aromatic rings. The average molecular weight is 430 g/mol. The van der Waals surface area contributed by atoms with Crippen LogP contribution in [0.3, 0.4) is 0 Å². The van der Waals surface area contributed by atoms with Gasteiger partial charge in [-0.1, -0.05) is 24.3 Å². The Morgan fingerprint density at radius 1 is 0.969 bits per heavy atom. The molecule has 0 atom stereocenters. The number of anilines is 1. The molecule has 0 radical (unpaired) electrons. The van der Waals surface area contributed by atoms with Crippen LogP contribution in [0.15, 0.2) is 67.0 Å². The number of amides is 1. The zero-order valence-corrected chi connectivity index (χ0v) is 17.0. The molecule has 0 bridgehead atoms. The standard InChI is InChI=1S/C22H18N6O4/c1-31-21(30)15-8-6-14(7-9-15)18-12-24-22(27-25-18)28-26-20(29)13-32-19-10-11-23-17-5-3-2-4-16(17)19/h2-12H,13H2,1H3,(H,26,29)(H,24,27,28). The van der Waals surface area contributed by atoms with Crippen LogP contribution in [-0.4, -0.2) is 45.8 Å². The fourth-order valence-electron chi connectivity index (χ4n) is 2.86. The Morgan fingerprint density at radius 2 is 1.78 bits per heavy atom. The van der Waals surface area contributed by atoms with E-state index in [1.165, 1.54) is 13.3 Å². The number of hydrogen-bond donors (Lipinski definition) is 2. The summed E-state index contributed by atoms with van der Waals surface area (Å²) in [7, 11) is 1.32. The van der Waals surface area contributed by atoms with Crippen LogP contribution in [0, 0.1) is 0 Å². The van der Waals surface area contributed by atoms with Crippen LogP contribution in [0.1, 0.15) is 10.4 Å². The normalized spacial score (nSPS) is 10.4. The number of carbonyl (C=O) groups is 2. The average Bonchev–Trinajstić information content (AvgIpc) is 2.86. The molecule has 2 heterocycles. The van der Waals surface area contributed by atoms with Gasteiger partial charge in [0.05, 0.1) is 24.4 Å². The first kappa shape index (κ1) is 20.7. The predicted octanol–water partition coefficient (Wildman–Crippen LogP) is 2.40. The molecule has 0 spiro atoms. The first-order chi connectivity index (χ1) is 15.6. The molecule has 0 saturated carbocycles.